The first-order valence-corrected chi connectivity index (χ1v) is 6.84. The lowest BCUT2D eigenvalue weighted by Crippen LogP contribution is -2.33. The molecule has 1 saturated heterocycles. The van der Waals surface area contributed by atoms with Gasteiger partial charge in [0.05, 0.1) is 11.7 Å². The van der Waals surface area contributed by atoms with Crippen molar-refractivity contribution in [3.8, 4) is 0 Å². The predicted octanol–water partition coefficient (Wildman–Crippen LogP) is 2.58. The SMILES string of the molecule is CCN1CCCC[C@H]1c1cc(C)n2ccnc2n1. The van der Waals surface area contributed by atoms with Gasteiger partial charge >= 0.3 is 0 Å². The first-order valence-electron chi connectivity index (χ1n) is 6.84. The monoisotopic (exact) mass is 244 g/mol. The van der Waals surface area contributed by atoms with Gasteiger partial charge in [-0.25, -0.2) is 9.97 Å². The molecule has 0 unspecified atom stereocenters. The van der Waals surface area contributed by atoms with Gasteiger partial charge in [-0.1, -0.05) is 13.3 Å². The number of hydrogen-bond acceptors (Lipinski definition) is 3. The number of nitrogens with zero attached hydrogens (tertiary/aromatic N) is 4. The molecule has 2 aromatic rings. The lowest BCUT2D eigenvalue weighted by Gasteiger charge is -2.34. The van der Waals surface area contributed by atoms with Gasteiger partial charge in [0.1, 0.15) is 0 Å². The molecule has 4 nitrogen and oxygen atoms in total. The highest BCUT2D eigenvalue weighted by atomic mass is 15.2. The largest absolute Gasteiger partial charge is 0.295 e. The lowest BCUT2D eigenvalue weighted by atomic mass is 9.99. The van der Waals surface area contributed by atoms with E-state index in [4.69, 9.17) is 4.98 Å². The number of imidazole rings is 1. The molecule has 2 aromatic heterocycles. The second-order valence-electron chi connectivity index (χ2n) is 5.06. The first-order chi connectivity index (χ1) is 8.79. The summed E-state index contributed by atoms with van der Waals surface area (Å²) in [6, 6.07) is 2.69. The minimum absolute atomic E-state index is 0.476. The topological polar surface area (TPSA) is 33.4 Å². The Morgan fingerprint density at radius 1 is 1.39 bits per heavy atom. The molecular weight excluding hydrogens is 224 g/mol. The molecule has 3 heterocycles. The average Bonchev–Trinajstić information content (AvgIpc) is 2.87. The first kappa shape index (κ1) is 11.7. The van der Waals surface area contributed by atoms with Crippen LogP contribution in [0.4, 0.5) is 0 Å². The molecule has 0 spiro atoms. The fourth-order valence-electron chi connectivity index (χ4n) is 2.96. The van der Waals surface area contributed by atoms with Crippen molar-refractivity contribution in [2.45, 2.75) is 39.2 Å². The quantitative estimate of drug-likeness (QED) is 0.814. The number of aryl methyl sites for hydroxylation is 1. The summed E-state index contributed by atoms with van der Waals surface area (Å²) in [5, 5.41) is 0. The minimum Gasteiger partial charge on any atom is -0.295 e. The summed E-state index contributed by atoms with van der Waals surface area (Å²) in [6.07, 6.45) is 7.63. The van der Waals surface area contributed by atoms with E-state index in [9.17, 15) is 0 Å². The van der Waals surface area contributed by atoms with Crippen LogP contribution in [0, 0.1) is 6.92 Å². The van der Waals surface area contributed by atoms with Crippen molar-refractivity contribution in [2.24, 2.45) is 0 Å². The van der Waals surface area contributed by atoms with E-state index in [1.165, 1.54) is 37.2 Å². The molecule has 0 radical (unpaired) electrons. The Kier molecular flexibility index (Phi) is 3.04. The van der Waals surface area contributed by atoms with E-state index in [2.05, 4.69) is 29.8 Å². The maximum atomic E-state index is 4.73. The van der Waals surface area contributed by atoms with Gasteiger partial charge in [-0.2, -0.15) is 0 Å². The molecule has 1 aliphatic heterocycles. The van der Waals surface area contributed by atoms with Gasteiger partial charge in [0, 0.05) is 18.1 Å². The summed E-state index contributed by atoms with van der Waals surface area (Å²) in [6.45, 7) is 6.66. The Hall–Kier alpha value is -1.42. The van der Waals surface area contributed by atoms with Crippen molar-refractivity contribution in [1.29, 1.82) is 0 Å². The van der Waals surface area contributed by atoms with E-state index in [0.717, 1.165) is 12.3 Å². The Balaban J connectivity index is 2.01. The smallest absolute Gasteiger partial charge is 0.234 e. The zero-order valence-electron chi connectivity index (χ0n) is 11.1. The zero-order chi connectivity index (χ0) is 12.5. The van der Waals surface area contributed by atoms with Crippen molar-refractivity contribution in [1.82, 2.24) is 19.3 Å². The summed E-state index contributed by atoms with van der Waals surface area (Å²) in [7, 11) is 0. The van der Waals surface area contributed by atoms with Crippen molar-refractivity contribution < 1.29 is 0 Å². The molecule has 18 heavy (non-hydrogen) atoms. The van der Waals surface area contributed by atoms with Gasteiger partial charge in [0.15, 0.2) is 0 Å². The van der Waals surface area contributed by atoms with Gasteiger partial charge in [0.2, 0.25) is 5.78 Å². The highest BCUT2D eigenvalue weighted by Crippen LogP contribution is 2.29. The number of rotatable bonds is 2. The Bertz CT molecular complexity index is 546. The maximum absolute atomic E-state index is 4.73. The van der Waals surface area contributed by atoms with Gasteiger partial charge in [-0.05, 0) is 38.9 Å². The van der Waals surface area contributed by atoms with Crippen LogP contribution >= 0.6 is 0 Å². The maximum Gasteiger partial charge on any atom is 0.234 e. The molecule has 0 aromatic carbocycles. The van der Waals surface area contributed by atoms with Crippen LogP contribution in [0.5, 0.6) is 0 Å². The van der Waals surface area contributed by atoms with E-state index < -0.39 is 0 Å². The second kappa shape index (κ2) is 4.69. The normalized spacial score (nSPS) is 21.6. The van der Waals surface area contributed by atoms with Crippen LogP contribution < -0.4 is 0 Å². The number of piperidine rings is 1. The van der Waals surface area contributed by atoms with Crippen LogP contribution in [0.1, 0.15) is 43.6 Å². The van der Waals surface area contributed by atoms with Crippen molar-refractivity contribution >= 4 is 5.78 Å². The zero-order valence-corrected chi connectivity index (χ0v) is 11.1. The number of hydrogen-bond donors (Lipinski definition) is 0. The van der Waals surface area contributed by atoms with E-state index in [-0.39, 0.29) is 0 Å². The Morgan fingerprint density at radius 3 is 3.11 bits per heavy atom. The van der Waals surface area contributed by atoms with E-state index in [1.54, 1.807) is 0 Å². The van der Waals surface area contributed by atoms with E-state index in [1.807, 2.05) is 16.8 Å². The molecule has 96 valence electrons. The Labute approximate surface area is 108 Å². The lowest BCUT2D eigenvalue weighted by molar-refractivity contribution is 0.154. The van der Waals surface area contributed by atoms with Crippen LogP contribution in [0.3, 0.4) is 0 Å². The third-order valence-corrected chi connectivity index (χ3v) is 3.95. The summed E-state index contributed by atoms with van der Waals surface area (Å²) >= 11 is 0. The van der Waals surface area contributed by atoms with Crippen LogP contribution in [-0.4, -0.2) is 32.4 Å². The summed E-state index contributed by atoms with van der Waals surface area (Å²) in [4.78, 5) is 11.6. The van der Waals surface area contributed by atoms with E-state index >= 15 is 0 Å². The standard InChI is InChI=1S/C14H20N4/c1-3-17-8-5-4-6-13(17)12-10-11(2)18-9-7-15-14(18)16-12/h7,9-10,13H,3-6,8H2,1-2H3/t13-/m0/s1. The third kappa shape index (κ3) is 1.90. The van der Waals surface area contributed by atoms with Gasteiger partial charge < -0.3 is 0 Å². The number of aromatic nitrogens is 3. The van der Waals surface area contributed by atoms with Crippen LogP contribution in [0.2, 0.25) is 0 Å². The molecule has 0 N–H and O–H groups in total. The van der Waals surface area contributed by atoms with E-state index in [0.29, 0.717) is 6.04 Å². The van der Waals surface area contributed by atoms with Crippen molar-refractivity contribution in [2.75, 3.05) is 13.1 Å². The highest BCUT2D eigenvalue weighted by molar-refractivity contribution is 5.33. The molecule has 1 aliphatic rings. The van der Waals surface area contributed by atoms with Crippen LogP contribution in [0.25, 0.3) is 5.78 Å². The molecule has 0 amide bonds. The molecule has 0 saturated carbocycles. The molecular formula is C14H20N4. The van der Waals surface area contributed by atoms with Gasteiger partial charge in [-0.15, -0.1) is 0 Å². The van der Waals surface area contributed by atoms with Crippen LogP contribution in [0.15, 0.2) is 18.5 Å². The average molecular weight is 244 g/mol. The number of likely N-dealkylation sites (tertiary alicyclic amines) is 1. The Morgan fingerprint density at radius 2 is 2.28 bits per heavy atom. The summed E-state index contributed by atoms with van der Waals surface area (Å²) < 4.78 is 2.04. The fourth-order valence-corrected chi connectivity index (χ4v) is 2.96. The third-order valence-electron chi connectivity index (χ3n) is 3.95. The van der Waals surface area contributed by atoms with Crippen LogP contribution in [-0.2, 0) is 0 Å². The molecule has 0 aliphatic carbocycles. The minimum atomic E-state index is 0.476. The number of fused-ring (bicyclic) bond motifs is 1. The molecule has 1 atom stereocenters. The predicted molar refractivity (Wildman–Crippen MR) is 71.6 cm³/mol. The molecule has 4 heteroatoms. The molecule has 1 fully saturated rings. The second-order valence-corrected chi connectivity index (χ2v) is 5.06. The van der Waals surface area contributed by atoms with Gasteiger partial charge in [-0.3, -0.25) is 9.30 Å². The van der Waals surface area contributed by atoms with Crippen molar-refractivity contribution in [3.63, 3.8) is 0 Å². The summed E-state index contributed by atoms with van der Waals surface area (Å²) in [5.41, 5.74) is 2.40. The molecule has 0 bridgehead atoms. The van der Waals surface area contributed by atoms with Gasteiger partial charge in [0.25, 0.3) is 0 Å². The fraction of sp³-hybridized carbons (Fsp3) is 0.571. The highest BCUT2D eigenvalue weighted by Gasteiger charge is 2.24. The molecule has 3 rings (SSSR count). The summed E-state index contributed by atoms with van der Waals surface area (Å²) in [5.74, 6) is 0.826. The van der Waals surface area contributed by atoms with Crippen molar-refractivity contribution in [3.05, 3.63) is 29.8 Å².